The molecule has 3 aromatic rings. The predicted molar refractivity (Wildman–Crippen MR) is 85.8 cm³/mol. The fraction of sp³-hybridized carbons (Fsp3) is 0.0667. The van der Waals surface area contributed by atoms with Crippen molar-refractivity contribution in [3.05, 3.63) is 76.0 Å². The number of non-ortho nitro benzene ring substituents is 1. The van der Waals surface area contributed by atoms with E-state index in [2.05, 4.69) is 9.38 Å². The normalized spacial score (nSPS) is 12.5. The maximum Gasteiger partial charge on any atom is 0.284 e. The molecule has 0 atom stereocenters. The van der Waals surface area contributed by atoms with Gasteiger partial charge in [0.1, 0.15) is 5.65 Å². The summed E-state index contributed by atoms with van der Waals surface area (Å²) in [6, 6.07) is 9.63. The largest absolute Gasteiger partial charge is 0.308 e. The predicted octanol–water partition coefficient (Wildman–Crippen LogP) is 1.84. The standard InChI is InChI=1S/C15H12N4O4S/c1-11-2-7-15-16-14(8-9-18(15)10-11)17-24(22,23)13-5-3-12(4-6-13)19(20)21/h2-10H,1H3/b17-14-. The van der Waals surface area contributed by atoms with Crippen LogP contribution in [-0.4, -0.2) is 22.7 Å². The summed E-state index contributed by atoms with van der Waals surface area (Å²) in [5, 5.41) is 10.6. The van der Waals surface area contributed by atoms with Crippen LogP contribution in [0.4, 0.5) is 5.69 Å². The van der Waals surface area contributed by atoms with E-state index >= 15 is 0 Å². The van der Waals surface area contributed by atoms with Crippen molar-refractivity contribution in [3.63, 3.8) is 0 Å². The van der Waals surface area contributed by atoms with Crippen LogP contribution in [0.3, 0.4) is 0 Å². The second kappa shape index (κ2) is 5.85. The minimum Gasteiger partial charge on any atom is -0.308 e. The Bertz CT molecular complexity index is 1100. The van der Waals surface area contributed by atoms with E-state index < -0.39 is 14.9 Å². The Labute approximate surface area is 137 Å². The van der Waals surface area contributed by atoms with Gasteiger partial charge in [0.05, 0.1) is 9.82 Å². The summed E-state index contributed by atoms with van der Waals surface area (Å²) in [5.41, 5.74) is 1.44. The van der Waals surface area contributed by atoms with Gasteiger partial charge in [-0.15, -0.1) is 4.40 Å². The molecule has 0 saturated carbocycles. The SMILES string of the molecule is Cc1ccc2n/c(=N\S(=O)(=O)c3ccc([N+](=O)[O-])cc3)ccn2c1. The molecule has 0 saturated heterocycles. The van der Waals surface area contributed by atoms with E-state index in [0.29, 0.717) is 5.65 Å². The highest BCUT2D eigenvalue weighted by molar-refractivity contribution is 7.90. The summed E-state index contributed by atoms with van der Waals surface area (Å²) >= 11 is 0. The van der Waals surface area contributed by atoms with E-state index in [-0.39, 0.29) is 16.1 Å². The number of nitro groups is 1. The van der Waals surface area contributed by atoms with Crippen molar-refractivity contribution in [3.8, 4) is 0 Å². The number of benzene rings is 1. The average molecular weight is 344 g/mol. The van der Waals surface area contributed by atoms with E-state index in [0.717, 1.165) is 29.8 Å². The number of hydrogen-bond donors (Lipinski definition) is 0. The van der Waals surface area contributed by atoms with Gasteiger partial charge in [-0.2, -0.15) is 8.42 Å². The molecule has 0 spiro atoms. The molecule has 2 heterocycles. The molecular weight excluding hydrogens is 332 g/mol. The molecule has 3 rings (SSSR count). The molecule has 2 aromatic heterocycles. The Morgan fingerprint density at radius 2 is 1.83 bits per heavy atom. The van der Waals surface area contributed by atoms with E-state index in [9.17, 15) is 18.5 Å². The maximum atomic E-state index is 12.3. The Morgan fingerprint density at radius 3 is 2.50 bits per heavy atom. The maximum absolute atomic E-state index is 12.3. The fourth-order valence-corrected chi connectivity index (χ4v) is 3.04. The van der Waals surface area contributed by atoms with Gasteiger partial charge in [-0.3, -0.25) is 10.1 Å². The summed E-state index contributed by atoms with van der Waals surface area (Å²) in [6.45, 7) is 1.93. The lowest BCUT2D eigenvalue weighted by molar-refractivity contribution is -0.384. The van der Waals surface area contributed by atoms with Crippen molar-refractivity contribution < 1.29 is 13.3 Å². The number of aromatic nitrogens is 2. The molecule has 0 unspecified atom stereocenters. The van der Waals surface area contributed by atoms with Gasteiger partial charge in [-0.1, -0.05) is 6.07 Å². The van der Waals surface area contributed by atoms with Crippen molar-refractivity contribution >= 4 is 21.4 Å². The first-order chi connectivity index (χ1) is 11.3. The first-order valence-corrected chi connectivity index (χ1v) is 8.30. The highest BCUT2D eigenvalue weighted by Crippen LogP contribution is 2.17. The third-order valence-electron chi connectivity index (χ3n) is 3.27. The third-order valence-corrected chi connectivity index (χ3v) is 4.57. The smallest absolute Gasteiger partial charge is 0.284 e. The molecule has 1 aromatic carbocycles. The first kappa shape index (κ1) is 15.8. The minimum absolute atomic E-state index is 0.0391. The number of nitro benzene ring substituents is 1. The quantitative estimate of drug-likeness (QED) is 0.532. The molecule has 0 aliphatic heterocycles. The van der Waals surface area contributed by atoms with Crippen LogP contribution < -0.4 is 5.49 Å². The van der Waals surface area contributed by atoms with E-state index in [4.69, 9.17) is 0 Å². The number of pyridine rings is 1. The molecular formula is C15H12N4O4S. The molecule has 0 amide bonds. The van der Waals surface area contributed by atoms with Crippen molar-refractivity contribution in [1.29, 1.82) is 0 Å². The van der Waals surface area contributed by atoms with E-state index in [1.165, 1.54) is 6.07 Å². The van der Waals surface area contributed by atoms with Gasteiger partial charge in [0.2, 0.25) is 0 Å². The van der Waals surface area contributed by atoms with E-state index in [1.807, 2.05) is 19.2 Å². The van der Waals surface area contributed by atoms with Gasteiger partial charge in [0.15, 0.2) is 5.49 Å². The number of nitrogens with zero attached hydrogens (tertiary/aromatic N) is 4. The van der Waals surface area contributed by atoms with Gasteiger partial charge in [-0.25, -0.2) is 4.98 Å². The zero-order valence-electron chi connectivity index (χ0n) is 12.5. The zero-order chi connectivity index (χ0) is 17.3. The molecule has 9 heteroatoms. The lowest BCUT2D eigenvalue weighted by Gasteiger charge is -2.02. The molecule has 24 heavy (non-hydrogen) atoms. The van der Waals surface area contributed by atoms with Gasteiger partial charge in [-0.05, 0) is 30.7 Å². The van der Waals surface area contributed by atoms with Crippen LogP contribution in [0.5, 0.6) is 0 Å². The Kier molecular flexibility index (Phi) is 3.86. The number of sulfonamides is 1. The minimum atomic E-state index is -4.00. The van der Waals surface area contributed by atoms with Crippen LogP contribution in [0.1, 0.15) is 5.56 Å². The summed E-state index contributed by atoms with van der Waals surface area (Å²) in [5.74, 6) is 0. The molecule has 0 bridgehead atoms. The van der Waals surface area contributed by atoms with Crippen molar-refractivity contribution in [1.82, 2.24) is 9.38 Å². The van der Waals surface area contributed by atoms with Crippen LogP contribution in [0, 0.1) is 17.0 Å². The lowest BCUT2D eigenvalue weighted by Crippen LogP contribution is -2.13. The topological polar surface area (TPSA) is 107 Å². The fourth-order valence-electron chi connectivity index (χ4n) is 2.10. The Morgan fingerprint density at radius 1 is 1.12 bits per heavy atom. The van der Waals surface area contributed by atoms with Gasteiger partial charge < -0.3 is 4.40 Å². The lowest BCUT2D eigenvalue weighted by atomic mass is 10.3. The summed E-state index contributed by atoms with van der Waals surface area (Å²) < 4.78 is 30.0. The Hall–Kier alpha value is -3.07. The van der Waals surface area contributed by atoms with Crippen LogP contribution in [-0.2, 0) is 10.0 Å². The van der Waals surface area contributed by atoms with Crippen molar-refractivity contribution in [2.24, 2.45) is 4.40 Å². The van der Waals surface area contributed by atoms with Gasteiger partial charge in [0, 0.05) is 30.6 Å². The summed E-state index contributed by atoms with van der Waals surface area (Å²) in [4.78, 5) is 14.1. The first-order valence-electron chi connectivity index (χ1n) is 6.86. The Balaban J connectivity index is 2.05. The third kappa shape index (κ3) is 3.15. The second-order valence-electron chi connectivity index (χ2n) is 5.08. The highest BCUT2D eigenvalue weighted by atomic mass is 32.2. The molecule has 0 N–H and O–H groups in total. The zero-order valence-corrected chi connectivity index (χ0v) is 13.3. The molecule has 0 aliphatic carbocycles. The molecule has 0 radical (unpaired) electrons. The van der Waals surface area contributed by atoms with Crippen LogP contribution >= 0.6 is 0 Å². The van der Waals surface area contributed by atoms with Crippen LogP contribution in [0.2, 0.25) is 0 Å². The van der Waals surface area contributed by atoms with Crippen LogP contribution in [0.25, 0.3) is 5.65 Å². The second-order valence-corrected chi connectivity index (χ2v) is 6.68. The summed E-state index contributed by atoms with van der Waals surface area (Å²) in [7, 11) is -4.00. The van der Waals surface area contributed by atoms with Crippen LogP contribution in [0.15, 0.2) is 64.2 Å². The monoisotopic (exact) mass is 344 g/mol. The van der Waals surface area contributed by atoms with Crippen molar-refractivity contribution in [2.45, 2.75) is 11.8 Å². The molecule has 0 aliphatic rings. The summed E-state index contributed by atoms with van der Waals surface area (Å²) in [6.07, 6.45) is 3.52. The number of aryl methyl sites for hydroxylation is 1. The van der Waals surface area contributed by atoms with Gasteiger partial charge >= 0.3 is 0 Å². The van der Waals surface area contributed by atoms with Crippen molar-refractivity contribution in [2.75, 3.05) is 0 Å². The molecule has 8 nitrogen and oxygen atoms in total. The number of hydrogen-bond acceptors (Lipinski definition) is 5. The number of rotatable bonds is 3. The highest BCUT2D eigenvalue weighted by Gasteiger charge is 2.14. The molecule has 0 fully saturated rings. The number of fused-ring (bicyclic) bond motifs is 1. The van der Waals surface area contributed by atoms with Gasteiger partial charge in [0.25, 0.3) is 15.7 Å². The molecule has 122 valence electrons. The van der Waals surface area contributed by atoms with E-state index in [1.54, 1.807) is 16.7 Å². The average Bonchev–Trinajstić information content (AvgIpc) is 2.55.